The molecule has 0 spiro atoms. The first-order chi connectivity index (χ1) is 13.7. The molecule has 0 saturated heterocycles. The number of halogens is 3. The molecule has 7 heteroatoms. The van der Waals surface area contributed by atoms with E-state index in [2.05, 4.69) is 5.32 Å². The number of rotatable bonds is 8. The van der Waals surface area contributed by atoms with E-state index in [1.807, 2.05) is 13.8 Å². The third kappa shape index (κ3) is 6.00. The van der Waals surface area contributed by atoms with Crippen LogP contribution in [0.15, 0.2) is 42.5 Å². The van der Waals surface area contributed by atoms with Crippen molar-refractivity contribution in [2.45, 2.75) is 52.2 Å². The summed E-state index contributed by atoms with van der Waals surface area (Å²) < 4.78 is 28.3. The SMILES string of the molecule is CC[C@H](C)NC(=O)[C@@H](C)N(Cc1ccccc1F)C(=O)Cc1c(F)cccc1Cl. The zero-order valence-electron chi connectivity index (χ0n) is 16.7. The number of benzene rings is 2. The van der Waals surface area contributed by atoms with E-state index in [4.69, 9.17) is 11.6 Å². The van der Waals surface area contributed by atoms with Crippen molar-refractivity contribution < 1.29 is 18.4 Å². The smallest absolute Gasteiger partial charge is 0.242 e. The molecule has 2 aromatic rings. The summed E-state index contributed by atoms with van der Waals surface area (Å²) in [6.45, 7) is 5.23. The first-order valence-corrected chi connectivity index (χ1v) is 9.88. The highest BCUT2D eigenvalue weighted by Crippen LogP contribution is 2.22. The van der Waals surface area contributed by atoms with Crippen molar-refractivity contribution in [3.05, 3.63) is 70.2 Å². The summed E-state index contributed by atoms with van der Waals surface area (Å²) >= 11 is 6.04. The third-order valence-corrected chi connectivity index (χ3v) is 5.21. The van der Waals surface area contributed by atoms with E-state index < -0.39 is 23.6 Å². The molecule has 2 aromatic carbocycles. The van der Waals surface area contributed by atoms with Crippen LogP contribution in [0, 0.1) is 11.6 Å². The topological polar surface area (TPSA) is 49.4 Å². The molecule has 0 saturated carbocycles. The molecule has 0 heterocycles. The molecule has 0 aliphatic heterocycles. The third-order valence-electron chi connectivity index (χ3n) is 4.86. The average Bonchev–Trinajstić information content (AvgIpc) is 2.69. The first-order valence-electron chi connectivity index (χ1n) is 9.50. The van der Waals surface area contributed by atoms with Gasteiger partial charge in [0, 0.05) is 28.7 Å². The molecular formula is C22H25ClF2N2O2. The molecule has 0 aromatic heterocycles. The van der Waals surface area contributed by atoms with Crippen molar-refractivity contribution in [3.63, 3.8) is 0 Å². The molecule has 2 amide bonds. The molecule has 0 bridgehead atoms. The zero-order chi connectivity index (χ0) is 21.6. The molecule has 1 N–H and O–H groups in total. The van der Waals surface area contributed by atoms with Crippen molar-refractivity contribution >= 4 is 23.4 Å². The Kier molecular flexibility index (Phi) is 8.14. The van der Waals surface area contributed by atoms with Gasteiger partial charge in [0.2, 0.25) is 11.8 Å². The fourth-order valence-electron chi connectivity index (χ4n) is 2.81. The summed E-state index contributed by atoms with van der Waals surface area (Å²) in [5.74, 6) is -1.96. The summed E-state index contributed by atoms with van der Waals surface area (Å²) in [4.78, 5) is 26.9. The monoisotopic (exact) mass is 422 g/mol. The van der Waals surface area contributed by atoms with Crippen LogP contribution in [0.1, 0.15) is 38.3 Å². The van der Waals surface area contributed by atoms with E-state index in [0.717, 1.165) is 6.42 Å². The van der Waals surface area contributed by atoms with E-state index in [-0.39, 0.29) is 41.1 Å². The van der Waals surface area contributed by atoms with Gasteiger partial charge in [-0.05, 0) is 38.5 Å². The lowest BCUT2D eigenvalue weighted by Gasteiger charge is -2.30. The van der Waals surface area contributed by atoms with Gasteiger partial charge in [0.1, 0.15) is 17.7 Å². The molecule has 2 rings (SSSR count). The summed E-state index contributed by atoms with van der Waals surface area (Å²) in [7, 11) is 0. The normalized spacial score (nSPS) is 12.9. The van der Waals surface area contributed by atoms with E-state index in [9.17, 15) is 18.4 Å². The van der Waals surface area contributed by atoms with Crippen LogP contribution in [0.25, 0.3) is 0 Å². The van der Waals surface area contributed by atoms with E-state index in [0.29, 0.717) is 0 Å². The maximum atomic E-state index is 14.2. The van der Waals surface area contributed by atoms with Crippen molar-refractivity contribution in [2.75, 3.05) is 0 Å². The summed E-state index contributed by atoms with van der Waals surface area (Å²) in [6.07, 6.45) is 0.394. The number of hydrogen-bond acceptors (Lipinski definition) is 2. The molecular weight excluding hydrogens is 398 g/mol. The Bertz CT molecular complexity index is 855. The standard InChI is InChI=1S/C22H25ClF2N2O2/c1-4-14(2)26-22(29)15(3)27(13-16-8-5-6-10-19(16)24)21(28)12-17-18(23)9-7-11-20(17)25/h5-11,14-15H,4,12-13H2,1-3H3,(H,26,29)/t14-,15+/m0/s1. The van der Waals surface area contributed by atoms with E-state index >= 15 is 0 Å². The van der Waals surface area contributed by atoms with E-state index in [1.165, 1.54) is 29.2 Å². The van der Waals surface area contributed by atoms with Crippen molar-refractivity contribution in [3.8, 4) is 0 Å². The van der Waals surface area contributed by atoms with Gasteiger partial charge in [-0.2, -0.15) is 0 Å². The minimum atomic E-state index is -0.873. The van der Waals surface area contributed by atoms with Crippen LogP contribution in [-0.2, 0) is 22.6 Å². The number of nitrogens with zero attached hydrogens (tertiary/aromatic N) is 1. The minimum absolute atomic E-state index is 0.0484. The largest absolute Gasteiger partial charge is 0.352 e. The summed E-state index contributed by atoms with van der Waals surface area (Å²) in [5.41, 5.74) is 0.316. The second kappa shape index (κ2) is 10.3. The van der Waals surface area contributed by atoms with Crippen LogP contribution in [0.5, 0.6) is 0 Å². The molecule has 0 fully saturated rings. The van der Waals surface area contributed by atoms with Crippen LogP contribution in [0.4, 0.5) is 8.78 Å². The van der Waals surface area contributed by atoms with Crippen molar-refractivity contribution in [1.82, 2.24) is 10.2 Å². The van der Waals surface area contributed by atoms with Crippen LogP contribution in [0.3, 0.4) is 0 Å². The molecule has 29 heavy (non-hydrogen) atoms. The summed E-state index contributed by atoms with van der Waals surface area (Å²) in [5, 5.41) is 2.95. The number of hydrogen-bond donors (Lipinski definition) is 1. The number of carbonyl (C=O) groups excluding carboxylic acids is 2. The average molecular weight is 423 g/mol. The predicted molar refractivity (Wildman–Crippen MR) is 109 cm³/mol. The fourth-order valence-corrected chi connectivity index (χ4v) is 3.04. The van der Waals surface area contributed by atoms with Crippen LogP contribution >= 0.6 is 11.6 Å². The molecule has 2 atom stereocenters. The van der Waals surface area contributed by atoms with Gasteiger partial charge < -0.3 is 10.2 Å². The van der Waals surface area contributed by atoms with Gasteiger partial charge in [-0.25, -0.2) is 8.78 Å². The van der Waals surface area contributed by atoms with Gasteiger partial charge in [0.15, 0.2) is 0 Å². The van der Waals surface area contributed by atoms with Gasteiger partial charge in [-0.3, -0.25) is 9.59 Å². The van der Waals surface area contributed by atoms with Gasteiger partial charge in [-0.1, -0.05) is 42.8 Å². The highest BCUT2D eigenvalue weighted by Gasteiger charge is 2.28. The number of amides is 2. The Balaban J connectivity index is 2.31. The molecule has 0 unspecified atom stereocenters. The quantitative estimate of drug-likeness (QED) is 0.681. The Labute approximate surface area is 174 Å². The van der Waals surface area contributed by atoms with Crippen LogP contribution in [-0.4, -0.2) is 28.8 Å². The van der Waals surface area contributed by atoms with Crippen LogP contribution in [0.2, 0.25) is 5.02 Å². The second-order valence-electron chi connectivity index (χ2n) is 6.98. The molecule has 156 valence electrons. The van der Waals surface area contributed by atoms with E-state index in [1.54, 1.807) is 25.1 Å². The van der Waals surface area contributed by atoms with Crippen molar-refractivity contribution in [1.29, 1.82) is 0 Å². The van der Waals surface area contributed by atoms with Crippen molar-refractivity contribution in [2.24, 2.45) is 0 Å². The maximum absolute atomic E-state index is 14.2. The minimum Gasteiger partial charge on any atom is -0.352 e. The zero-order valence-corrected chi connectivity index (χ0v) is 17.5. The Morgan fingerprint density at radius 2 is 1.72 bits per heavy atom. The van der Waals surface area contributed by atoms with Gasteiger partial charge in [0.05, 0.1) is 6.42 Å². The number of nitrogens with one attached hydrogen (secondary N) is 1. The molecule has 0 aliphatic rings. The number of carbonyl (C=O) groups is 2. The predicted octanol–water partition coefficient (Wildman–Crippen LogP) is 4.49. The lowest BCUT2D eigenvalue weighted by atomic mass is 10.1. The molecule has 4 nitrogen and oxygen atoms in total. The first kappa shape index (κ1) is 22.8. The molecule has 0 radical (unpaired) electrons. The lowest BCUT2D eigenvalue weighted by Crippen LogP contribution is -2.50. The van der Waals surface area contributed by atoms with Gasteiger partial charge in [0.25, 0.3) is 0 Å². The Morgan fingerprint density at radius 1 is 1.07 bits per heavy atom. The molecule has 0 aliphatic carbocycles. The Hall–Kier alpha value is -2.47. The van der Waals surface area contributed by atoms with Gasteiger partial charge >= 0.3 is 0 Å². The van der Waals surface area contributed by atoms with Gasteiger partial charge in [-0.15, -0.1) is 0 Å². The highest BCUT2D eigenvalue weighted by molar-refractivity contribution is 6.31. The highest BCUT2D eigenvalue weighted by atomic mass is 35.5. The summed E-state index contributed by atoms with van der Waals surface area (Å²) in [6, 6.07) is 9.24. The fraction of sp³-hybridized carbons (Fsp3) is 0.364. The second-order valence-corrected chi connectivity index (χ2v) is 7.39. The van der Waals surface area contributed by atoms with Crippen LogP contribution < -0.4 is 5.32 Å². The maximum Gasteiger partial charge on any atom is 0.242 e. The lowest BCUT2D eigenvalue weighted by molar-refractivity contribution is -0.140. The Morgan fingerprint density at radius 3 is 2.34 bits per heavy atom.